The minimum absolute atomic E-state index is 0.0318. The van der Waals surface area contributed by atoms with E-state index in [2.05, 4.69) is 30.1 Å². The Balaban J connectivity index is 0.000000225. The Bertz CT molecular complexity index is 3930. The quantitative estimate of drug-likeness (QED) is 0.0276. The summed E-state index contributed by atoms with van der Waals surface area (Å²) in [5.41, 5.74) is 0.437. The monoisotopic (exact) mass is 1430 g/mol. The fourth-order valence-electron chi connectivity index (χ4n) is 7.58. The zero-order valence-corrected chi connectivity index (χ0v) is 53.5. The molecular weight excluding hydrogens is 1380 g/mol. The zero-order chi connectivity index (χ0) is 68.6. The molecule has 2 N–H and O–H groups in total. The smallest absolute Gasteiger partial charge is 0.343 e. The molecule has 0 radical (unpaired) electrons. The van der Waals surface area contributed by atoms with Gasteiger partial charge in [0.25, 0.3) is 0 Å². The number of carbonyl (C=O) groups is 8. The van der Waals surface area contributed by atoms with Gasteiger partial charge in [0.15, 0.2) is 49.6 Å². The molecule has 8 aromatic carbocycles. The number of carboxylic acid groups (broad SMARTS) is 1. The lowest BCUT2D eigenvalue weighted by atomic mass is 10.0. The molecule has 0 saturated carbocycles. The van der Waals surface area contributed by atoms with Crippen molar-refractivity contribution in [2.24, 2.45) is 0 Å². The SMILES string of the molecule is COC(=O)COc1ccc(Cl)cc1C(=O)c1cc(F)cc(Br)c1.COC(=O)COc1ccc(Cl)cc1C(=O)c1cc(F)cc(OC)c1.COC(=O)COc1ccc(Cl)cc1C(=O)c1cc(O)cc(F)c1.COc1cc(F)cc(C(=O)c2cc(Cl)ccc2OCC(=O)O)c1. The number of phenols is 1. The number of esters is 3. The molecule has 0 spiro atoms. The summed E-state index contributed by atoms with van der Waals surface area (Å²) in [5.74, 6) is -7.30. The first-order chi connectivity index (χ1) is 44.1. The van der Waals surface area contributed by atoms with Gasteiger partial charge in [0.05, 0.1) is 57.8 Å². The van der Waals surface area contributed by atoms with Crippen LogP contribution in [-0.4, -0.2) is 119 Å². The second-order valence-electron chi connectivity index (χ2n) is 18.3. The molecular formula is C65H49BrCl4F4O19. The number of rotatable bonds is 22. The molecule has 0 aliphatic rings. The Kier molecular flexibility index (Phi) is 28.5. The summed E-state index contributed by atoms with van der Waals surface area (Å²) in [4.78, 5) is 94.5. The maximum Gasteiger partial charge on any atom is 0.343 e. The Morgan fingerprint density at radius 2 is 0.656 bits per heavy atom. The fourth-order valence-corrected chi connectivity index (χ4v) is 8.74. The first kappa shape index (κ1) is 74.0. The largest absolute Gasteiger partial charge is 0.508 e. The molecule has 0 saturated heterocycles. The number of carbonyl (C=O) groups excluding carboxylic acids is 7. The molecule has 0 fully saturated rings. The molecule has 8 aromatic rings. The van der Waals surface area contributed by atoms with Crippen LogP contribution in [0.2, 0.25) is 20.1 Å². The first-order valence-electron chi connectivity index (χ1n) is 26.1. The van der Waals surface area contributed by atoms with Gasteiger partial charge in [-0.3, -0.25) is 19.2 Å². The van der Waals surface area contributed by atoms with Crippen LogP contribution < -0.4 is 28.4 Å². The maximum absolute atomic E-state index is 13.6. The maximum atomic E-state index is 13.6. The lowest BCUT2D eigenvalue weighted by Gasteiger charge is -2.11. The van der Waals surface area contributed by atoms with Gasteiger partial charge >= 0.3 is 23.9 Å². The molecule has 0 unspecified atom stereocenters. The highest BCUT2D eigenvalue weighted by molar-refractivity contribution is 9.10. The third-order valence-electron chi connectivity index (χ3n) is 11.8. The standard InChI is InChI=1S/C17H14ClFO5.C16H11BrClFO4.2C16H12ClFO5/c1-22-13-6-10(5-12(19)8-13)17(21)14-7-11(18)3-4-15(14)24-9-16(20)23-2;1-22-15(20)8-23-14-3-2-11(18)7-13(14)16(21)9-4-10(17)6-12(19)5-9;1-22-12-5-9(4-11(18)7-12)16(21)13-6-10(17)2-3-14(13)23-8-15(19)20;1-22-15(20)8-23-14-3-2-10(17)6-13(14)16(21)9-4-11(18)7-12(19)5-9/h3-8H,9H2,1-2H3;2-7H,8H2,1H3;2-7H,8H2,1H3,(H,19,20);2-7,19H,8H2,1H3. The summed E-state index contributed by atoms with van der Waals surface area (Å²) < 4.78 is 98.7. The lowest BCUT2D eigenvalue weighted by molar-refractivity contribution is -0.143. The van der Waals surface area contributed by atoms with Gasteiger partial charge in [0, 0.05) is 65.0 Å². The van der Waals surface area contributed by atoms with Gasteiger partial charge in [0.1, 0.15) is 63.5 Å². The molecule has 0 aromatic heterocycles. The van der Waals surface area contributed by atoms with Crippen LogP contribution in [0.4, 0.5) is 17.6 Å². The van der Waals surface area contributed by atoms with Crippen LogP contribution in [0.1, 0.15) is 63.7 Å². The molecule has 28 heteroatoms. The number of ether oxygens (including phenoxy) is 9. The molecule has 0 heterocycles. The normalized spacial score (nSPS) is 10.2. The van der Waals surface area contributed by atoms with Crippen LogP contribution >= 0.6 is 62.3 Å². The van der Waals surface area contributed by atoms with E-state index < -0.39 is 83.5 Å². The molecule has 0 amide bonds. The number of hydrogen-bond acceptors (Lipinski definition) is 18. The van der Waals surface area contributed by atoms with Crippen molar-refractivity contribution < 1.29 is 109 Å². The summed E-state index contributed by atoms with van der Waals surface area (Å²) in [6.07, 6.45) is 0. The molecule has 8 rings (SSSR count). The van der Waals surface area contributed by atoms with Crippen LogP contribution in [0.5, 0.6) is 40.2 Å². The van der Waals surface area contributed by atoms with Gasteiger partial charge in [-0.25, -0.2) is 36.7 Å². The van der Waals surface area contributed by atoms with E-state index in [0.29, 0.717) is 14.5 Å². The van der Waals surface area contributed by atoms with Crippen molar-refractivity contribution in [3.63, 3.8) is 0 Å². The van der Waals surface area contributed by atoms with E-state index in [0.717, 1.165) is 48.5 Å². The van der Waals surface area contributed by atoms with E-state index in [1.807, 2.05) is 0 Å². The van der Waals surface area contributed by atoms with Gasteiger partial charge in [-0.15, -0.1) is 0 Å². The Morgan fingerprint density at radius 1 is 0.376 bits per heavy atom. The Morgan fingerprint density at radius 3 is 0.935 bits per heavy atom. The van der Waals surface area contributed by atoms with E-state index >= 15 is 0 Å². The first-order valence-corrected chi connectivity index (χ1v) is 28.4. The van der Waals surface area contributed by atoms with Gasteiger partial charge in [0.2, 0.25) is 0 Å². The van der Waals surface area contributed by atoms with E-state index in [4.69, 9.17) is 79.9 Å². The highest BCUT2D eigenvalue weighted by Gasteiger charge is 2.23. The Hall–Kier alpha value is -9.72. The number of methoxy groups -OCH3 is 5. The molecule has 19 nitrogen and oxygen atoms in total. The predicted molar refractivity (Wildman–Crippen MR) is 333 cm³/mol. The number of aliphatic carboxylic acids is 1. The van der Waals surface area contributed by atoms with Crippen LogP contribution in [0.15, 0.2) is 150 Å². The summed E-state index contributed by atoms with van der Waals surface area (Å²) in [5, 5.41) is 19.2. The van der Waals surface area contributed by atoms with Crippen molar-refractivity contribution >= 4 is 109 Å². The molecule has 0 aliphatic carbocycles. The van der Waals surface area contributed by atoms with Crippen molar-refractivity contribution in [1.29, 1.82) is 0 Å². The average Bonchev–Trinajstić information content (AvgIpc) is 0.903. The van der Waals surface area contributed by atoms with Gasteiger partial charge in [-0.1, -0.05) is 62.3 Å². The number of aromatic hydroxyl groups is 1. The van der Waals surface area contributed by atoms with E-state index in [1.54, 1.807) is 0 Å². The van der Waals surface area contributed by atoms with Crippen LogP contribution in [0.25, 0.3) is 0 Å². The topological polar surface area (TPSA) is 260 Å². The molecule has 0 bridgehead atoms. The zero-order valence-electron chi connectivity index (χ0n) is 48.9. The molecule has 93 heavy (non-hydrogen) atoms. The Labute approximate surface area is 555 Å². The predicted octanol–water partition coefficient (Wildman–Crippen LogP) is 13.4. The average molecular weight is 1430 g/mol. The minimum Gasteiger partial charge on any atom is -0.508 e. The van der Waals surface area contributed by atoms with Crippen molar-refractivity contribution in [3.8, 4) is 40.2 Å². The fraction of sp³-hybridized carbons (Fsp3) is 0.138. The van der Waals surface area contributed by atoms with Gasteiger partial charge in [-0.2, -0.15) is 0 Å². The van der Waals surface area contributed by atoms with Crippen molar-refractivity contribution in [2.45, 2.75) is 0 Å². The van der Waals surface area contributed by atoms with Crippen LogP contribution in [-0.2, 0) is 33.4 Å². The summed E-state index contributed by atoms with van der Waals surface area (Å²) in [7, 11) is 6.37. The number of phenolic OH excluding ortho intramolecular Hbond substituents is 1. The summed E-state index contributed by atoms with van der Waals surface area (Å²) in [6.45, 7) is -1.74. The van der Waals surface area contributed by atoms with Crippen molar-refractivity contribution in [2.75, 3.05) is 62.0 Å². The molecule has 486 valence electrons. The van der Waals surface area contributed by atoms with E-state index in [1.165, 1.54) is 133 Å². The summed E-state index contributed by atoms with van der Waals surface area (Å²) >= 11 is 26.7. The van der Waals surface area contributed by atoms with Gasteiger partial charge in [-0.05, 0) is 127 Å². The van der Waals surface area contributed by atoms with Crippen molar-refractivity contribution in [3.05, 3.63) is 238 Å². The third-order valence-corrected chi connectivity index (χ3v) is 13.2. The number of halogens is 9. The molecule has 0 aliphatic heterocycles. The number of benzene rings is 8. The highest BCUT2D eigenvalue weighted by Crippen LogP contribution is 2.32. The third kappa shape index (κ3) is 22.9. The number of carboxylic acids is 1. The lowest BCUT2D eigenvalue weighted by Crippen LogP contribution is -2.14. The number of ketones is 4. The van der Waals surface area contributed by atoms with E-state index in [-0.39, 0.29) is 108 Å². The van der Waals surface area contributed by atoms with E-state index in [9.17, 15) is 61.0 Å². The number of hydrogen-bond donors (Lipinski definition) is 2. The van der Waals surface area contributed by atoms with Crippen molar-refractivity contribution in [1.82, 2.24) is 0 Å². The molecule has 0 atom stereocenters. The second kappa shape index (κ2) is 35.8. The van der Waals surface area contributed by atoms with Gasteiger partial charge < -0.3 is 52.8 Å². The minimum atomic E-state index is -1.19. The second-order valence-corrected chi connectivity index (χ2v) is 20.9. The van der Waals surface area contributed by atoms with Crippen LogP contribution in [0, 0.1) is 23.3 Å². The summed E-state index contributed by atoms with van der Waals surface area (Å²) in [6, 6.07) is 31.1. The van der Waals surface area contributed by atoms with Crippen LogP contribution in [0.3, 0.4) is 0 Å². The highest BCUT2D eigenvalue weighted by atomic mass is 79.9.